The molecule has 0 saturated heterocycles. The van der Waals surface area contributed by atoms with Gasteiger partial charge in [-0.3, -0.25) is 14.2 Å². The number of nitrogens with two attached hydrogens (primary N) is 1. The first-order valence-corrected chi connectivity index (χ1v) is 13.9. The quantitative estimate of drug-likeness (QED) is 0.141. The highest BCUT2D eigenvalue weighted by Gasteiger charge is 2.15. The molecule has 0 fully saturated rings. The van der Waals surface area contributed by atoms with Crippen molar-refractivity contribution in [2.75, 3.05) is 12.9 Å². The van der Waals surface area contributed by atoms with E-state index in [4.69, 9.17) is 9.88 Å². The van der Waals surface area contributed by atoms with Gasteiger partial charge in [-0.15, -0.1) is 0 Å². The van der Waals surface area contributed by atoms with Gasteiger partial charge in [0, 0.05) is 0 Å². The number of hydrazone groups is 1. The van der Waals surface area contributed by atoms with Crippen LogP contribution in [0.2, 0.25) is 0 Å². The second kappa shape index (κ2) is 11.6. The Morgan fingerprint density at radius 3 is 2.42 bits per heavy atom. The highest BCUT2D eigenvalue weighted by Crippen LogP contribution is 2.20. The second-order valence-corrected chi connectivity index (χ2v) is 10.7. The van der Waals surface area contributed by atoms with E-state index in [2.05, 4.69) is 15.5 Å². The molecule has 0 saturated carbocycles. The molecule has 10 nitrogen and oxygen atoms in total. The van der Waals surface area contributed by atoms with E-state index in [1.54, 1.807) is 62.6 Å². The smallest absolute Gasteiger partial charge is 0.262 e. The Balaban J connectivity index is 1.54. The number of hydrogen-bond donors (Lipinski definition) is 2. The van der Waals surface area contributed by atoms with Crippen LogP contribution in [0.15, 0.2) is 92.7 Å². The number of methoxy groups -OCH3 is 1. The molecule has 0 aliphatic carbocycles. The zero-order chi connectivity index (χ0) is 27.3. The minimum absolute atomic E-state index is 0.0259. The molecule has 3 N–H and O–H groups in total. The molecule has 0 atom stereocenters. The molecule has 3 aromatic carbocycles. The summed E-state index contributed by atoms with van der Waals surface area (Å²) in [7, 11) is -2.25. The standard InChI is InChI=1S/C26H25N5O5S2/c1-17(19-9-11-20(36-2)12-10-19)29-30-24(32)16-37-26-28-23-6-4-3-5-22(23)25(33)31(26)15-18-7-13-21(14-8-18)38(27,34)35/h3-14H,15-16H2,1-2H3,(H,30,32)(H2,27,34,35)/b29-17+. The Morgan fingerprint density at radius 2 is 1.76 bits per heavy atom. The van der Waals surface area contributed by atoms with Crippen LogP contribution in [0.1, 0.15) is 18.1 Å². The Labute approximate surface area is 223 Å². The Kier molecular flexibility index (Phi) is 8.25. The molecule has 1 aromatic heterocycles. The number of hydrogen-bond acceptors (Lipinski definition) is 8. The average Bonchev–Trinajstić information content (AvgIpc) is 2.92. The van der Waals surface area contributed by atoms with Gasteiger partial charge in [-0.2, -0.15) is 5.10 Å². The van der Waals surface area contributed by atoms with Gasteiger partial charge in [0.2, 0.25) is 10.0 Å². The molecule has 0 unspecified atom stereocenters. The van der Waals surface area contributed by atoms with Crippen LogP contribution in [0, 0.1) is 0 Å². The zero-order valence-electron chi connectivity index (χ0n) is 20.6. The van der Waals surface area contributed by atoms with Crippen LogP contribution in [-0.4, -0.2) is 42.5 Å². The van der Waals surface area contributed by atoms with Crippen molar-refractivity contribution in [1.29, 1.82) is 0 Å². The van der Waals surface area contributed by atoms with Crippen LogP contribution in [0.5, 0.6) is 5.75 Å². The maximum Gasteiger partial charge on any atom is 0.262 e. The topological polar surface area (TPSA) is 146 Å². The number of aromatic nitrogens is 2. The lowest BCUT2D eigenvalue weighted by molar-refractivity contribution is -0.118. The molecule has 0 radical (unpaired) electrons. The number of amides is 1. The van der Waals surface area contributed by atoms with Crippen LogP contribution >= 0.6 is 11.8 Å². The molecule has 0 aliphatic heterocycles. The summed E-state index contributed by atoms with van der Waals surface area (Å²) in [6.07, 6.45) is 0. The van der Waals surface area contributed by atoms with E-state index in [9.17, 15) is 18.0 Å². The number of benzene rings is 3. The number of sulfonamides is 1. The fourth-order valence-electron chi connectivity index (χ4n) is 3.57. The molecule has 12 heteroatoms. The normalized spacial score (nSPS) is 11.9. The lowest BCUT2D eigenvalue weighted by Gasteiger charge is -2.13. The van der Waals surface area contributed by atoms with Gasteiger partial charge < -0.3 is 4.74 Å². The molecular formula is C26H25N5O5S2. The third kappa shape index (κ3) is 6.46. The molecule has 0 bridgehead atoms. The number of thioether (sulfide) groups is 1. The van der Waals surface area contributed by atoms with E-state index < -0.39 is 10.0 Å². The minimum Gasteiger partial charge on any atom is -0.497 e. The van der Waals surface area contributed by atoms with Gasteiger partial charge in [0.25, 0.3) is 11.5 Å². The Morgan fingerprint density at radius 1 is 1.08 bits per heavy atom. The number of nitrogens with zero attached hydrogens (tertiary/aromatic N) is 3. The number of carbonyl (C=O) groups is 1. The molecule has 4 aromatic rings. The summed E-state index contributed by atoms with van der Waals surface area (Å²) < 4.78 is 29.7. The molecule has 1 heterocycles. The molecule has 1 amide bonds. The molecule has 38 heavy (non-hydrogen) atoms. The molecule has 0 spiro atoms. The van der Waals surface area contributed by atoms with Crippen molar-refractivity contribution in [3.63, 3.8) is 0 Å². The van der Waals surface area contributed by atoms with Crippen molar-refractivity contribution in [1.82, 2.24) is 15.0 Å². The SMILES string of the molecule is COc1ccc(/C(C)=N/NC(=O)CSc2nc3ccccc3c(=O)n2Cc2ccc(S(N)(=O)=O)cc2)cc1. The van der Waals surface area contributed by atoms with Gasteiger partial charge in [0.05, 0.1) is 40.9 Å². The summed E-state index contributed by atoms with van der Waals surface area (Å²) in [6.45, 7) is 1.90. The van der Waals surface area contributed by atoms with E-state index in [0.29, 0.717) is 27.3 Å². The first-order chi connectivity index (χ1) is 18.2. The molecule has 0 aliphatic rings. The fourth-order valence-corrected chi connectivity index (χ4v) is 4.88. The van der Waals surface area contributed by atoms with Crippen molar-refractivity contribution in [3.05, 3.63) is 94.3 Å². The number of carbonyl (C=O) groups excluding carboxylic acids is 1. The van der Waals surface area contributed by atoms with Crippen LogP contribution in [0.3, 0.4) is 0 Å². The summed E-state index contributed by atoms with van der Waals surface area (Å²) in [6, 6.07) is 20.2. The van der Waals surface area contributed by atoms with E-state index >= 15 is 0 Å². The average molecular weight is 552 g/mol. The van der Waals surface area contributed by atoms with Crippen LogP contribution in [0.4, 0.5) is 0 Å². The summed E-state index contributed by atoms with van der Waals surface area (Å²) in [5.74, 6) is 0.319. The summed E-state index contributed by atoms with van der Waals surface area (Å²) in [4.78, 5) is 30.4. The Bertz CT molecular complexity index is 1670. The van der Waals surface area contributed by atoms with Crippen molar-refractivity contribution < 1.29 is 17.9 Å². The molecule has 196 valence electrons. The second-order valence-electron chi connectivity index (χ2n) is 8.24. The molecular weight excluding hydrogens is 526 g/mol. The highest BCUT2D eigenvalue weighted by atomic mass is 32.2. The number of para-hydroxylation sites is 1. The van der Waals surface area contributed by atoms with Crippen molar-refractivity contribution in [2.24, 2.45) is 10.2 Å². The number of nitrogens with one attached hydrogen (secondary N) is 1. The van der Waals surface area contributed by atoms with E-state index in [1.165, 1.54) is 16.7 Å². The number of primary sulfonamides is 1. The zero-order valence-corrected chi connectivity index (χ0v) is 22.3. The van der Waals surface area contributed by atoms with E-state index in [0.717, 1.165) is 23.1 Å². The summed E-state index contributed by atoms with van der Waals surface area (Å²) in [5, 5.41) is 10.1. The van der Waals surface area contributed by atoms with Crippen LogP contribution < -0.4 is 20.9 Å². The minimum atomic E-state index is -3.83. The summed E-state index contributed by atoms with van der Waals surface area (Å²) >= 11 is 1.10. The van der Waals surface area contributed by atoms with Crippen molar-refractivity contribution in [2.45, 2.75) is 23.5 Å². The third-order valence-corrected chi connectivity index (χ3v) is 7.51. The maximum atomic E-state index is 13.3. The van der Waals surface area contributed by atoms with Gasteiger partial charge in [-0.25, -0.2) is 24.0 Å². The van der Waals surface area contributed by atoms with Gasteiger partial charge >= 0.3 is 0 Å². The monoisotopic (exact) mass is 551 g/mol. The maximum absolute atomic E-state index is 13.3. The molecule has 4 rings (SSSR count). The van der Waals surface area contributed by atoms with Crippen molar-refractivity contribution >= 4 is 44.3 Å². The lowest BCUT2D eigenvalue weighted by atomic mass is 10.1. The highest BCUT2D eigenvalue weighted by molar-refractivity contribution is 7.99. The first kappa shape index (κ1) is 27.0. The largest absolute Gasteiger partial charge is 0.497 e. The fraction of sp³-hybridized carbons (Fsp3) is 0.154. The third-order valence-electron chi connectivity index (χ3n) is 5.61. The first-order valence-electron chi connectivity index (χ1n) is 11.4. The number of rotatable bonds is 9. The summed E-state index contributed by atoms with van der Waals surface area (Å²) in [5.41, 5.74) is 4.89. The lowest BCUT2D eigenvalue weighted by Crippen LogP contribution is -2.26. The van der Waals surface area contributed by atoms with E-state index in [-0.39, 0.29) is 28.7 Å². The van der Waals surface area contributed by atoms with Crippen molar-refractivity contribution in [3.8, 4) is 5.75 Å². The van der Waals surface area contributed by atoms with Gasteiger partial charge in [0.1, 0.15) is 5.75 Å². The predicted molar refractivity (Wildman–Crippen MR) is 147 cm³/mol. The number of ether oxygens (including phenoxy) is 1. The van der Waals surface area contributed by atoms with Gasteiger partial charge in [0.15, 0.2) is 5.16 Å². The number of fused-ring (bicyclic) bond motifs is 1. The van der Waals surface area contributed by atoms with Gasteiger partial charge in [-0.05, 0) is 66.6 Å². The van der Waals surface area contributed by atoms with Crippen LogP contribution in [0.25, 0.3) is 10.9 Å². The van der Waals surface area contributed by atoms with Gasteiger partial charge in [-0.1, -0.05) is 36.0 Å². The Hall–Kier alpha value is -4.00. The predicted octanol–water partition coefficient (Wildman–Crippen LogP) is 2.73. The van der Waals surface area contributed by atoms with Crippen LogP contribution in [-0.2, 0) is 21.4 Å². The van der Waals surface area contributed by atoms with E-state index in [1.807, 2.05) is 12.1 Å².